The quantitative estimate of drug-likeness (QED) is 0.829. The zero-order valence-electron chi connectivity index (χ0n) is 11.1. The van der Waals surface area contributed by atoms with Crippen LogP contribution in [-0.2, 0) is 16.1 Å². The fraction of sp³-hybridized carbons (Fsp3) is 0.385. The van der Waals surface area contributed by atoms with Gasteiger partial charge in [0.15, 0.2) is 0 Å². The van der Waals surface area contributed by atoms with Crippen molar-refractivity contribution in [1.82, 2.24) is 10.2 Å². The lowest BCUT2D eigenvalue weighted by Gasteiger charge is -2.18. The Bertz CT molecular complexity index is 410. The number of hydrogen-bond acceptors (Lipinski definition) is 3. The molecule has 106 valence electrons. The Morgan fingerprint density at radius 1 is 1.32 bits per heavy atom. The van der Waals surface area contributed by atoms with Crippen LogP contribution in [0.4, 0.5) is 0 Å². The number of nitrogens with two attached hydrogens (primary N) is 1. The van der Waals surface area contributed by atoms with Gasteiger partial charge in [0.25, 0.3) is 0 Å². The molecule has 3 N–H and O–H groups in total. The van der Waals surface area contributed by atoms with Crippen molar-refractivity contribution in [1.29, 1.82) is 0 Å². The van der Waals surface area contributed by atoms with Gasteiger partial charge in [0.1, 0.15) is 0 Å². The second-order valence-electron chi connectivity index (χ2n) is 4.25. The first-order chi connectivity index (χ1) is 8.50. The molecule has 0 heterocycles. The van der Waals surface area contributed by atoms with E-state index in [1.807, 2.05) is 30.3 Å². The number of nitrogens with zero attached hydrogens (tertiary/aromatic N) is 1. The molecule has 0 unspecified atom stereocenters. The van der Waals surface area contributed by atoms with Crippen LogP contribution in [0.1, 0.15) is 12.5 Å². The molecule has 19 heavy (non-hydrogen) atoms. The Kier molecular flexibility index (Phi) is 7.79. The van der Waals surface area contributed by atoms with Gasteiger partial charge in [-0.1, -0.05) is 30.3 Å². The van der Waals surface area contributed by atoms with Crippen LogP contribution in [0.15, 0.2) is 30.3 Å². The van der Waals surface area contributed by atoms with E-state index in [1.165, 1.54) is 4.90 Å². The van der Waals surface area contributed by atoms with Crippen LogP contribution < -0.4 is 11.1 Å². The summed E-state index contributed by atoms with van der Waals surface area (Å²) in [7, 11) is 1.56. The third-order valence-corrected chi connectivity index (χ3v) is 2.48. The van der Waals surface area contributed by atoms with Crippen LogP contribution in [0.3, 0.4) is 0 Å². The van der Waals surface area contributed by atoms with Gasteiger partial charge in [0, 0.05) is 13.6 Å². The predicted molar refractivity (Wildman–Crippen MR) is 76.8 cm³/mol. The molecular formula is C13H20ClN3O2. The topological polar surface area (TPSA) is 75.4 Å². The first-order valence-corrected chi connectivity index (χ1v) is 5.82. The van der Waals surface area contributed by atoms with Gasteiger partial charge in [0.05, 0.1) is 12.6 Å². The van der Waals surface area contributed by atoms with Crippen LogP contribution >= 0.6 is 12.4 Å². The number of amides is 2. The maximum absolute atomic E-state index is 11.6. The molecule has 5 nitrogen and oxygen atoms in total. The summed E-state index contributed by atoms with van der Waals surface area (Å²) < 4.78 is 0. The molecule has 6 heteroatoms. The fourth-order valence-corrected chi connectivity index (χ4v) is 1.49. The Balaban J connectivity index is 0.00000324. The minimum absolute atomic E-state index is 0. The highest BCUT2D eigenvalue weighted by Gasteiger charge is 2.15. The van der Waals surface area contributed by atoms with Gasteiger partial charge in [-0.25, -0.2) is 0 Å². The number of likely N-dealkylation sites (N-methyl/N-ethyl adjacent to an activating group) is 1. The van der Waals surface area contributed by atoms with Crippen molar-refractivity contribution < 1.29 is 9.59 Å². The predicted octanol–water partition coefficient (Wildman–Crippen LogP) is 0.530. The van der Waals surface area contributed by atoms with E-state index < -0.39 is 6.04 Å². The minimum Gasteiger partial charge on any atom is -0.350 e. The largest absolute Gasteiger partial charge is 0.350 e. The van der Waals surface area contributed by atoms with Crippen LogP contribution in [0.5, 0.6) is 0 Å². The van der Waals surface area contributed by atoms with E-state index in [0.29, 0.717) is 6.54 Å². The van der Waals surface area contributed by atoms with Crippen molar-refractivity contribution in [3.8, 4) is 0 Å². The Morgan fingerprint density at radius 2 is 1.89 bits per heavy atom. The normalized spacial score (nSPS) is 11.1. The van der Waals surface area contributed by atoms with Crippen LogP contribution in [0.25, 0.3) is 0 Å². The molecule has 0 aliphatic rings. The number of nitrogens with one attached hydrogen (secondary N) is 1. The average Bonchev–Trinajstić information content (AvgIpc) is 2.36. The fourth-order valence-electron chi connectivity index (χ4n) is 1.49. The van der Waals surface area contributed by atoms with E-state index in [9.17, 15) is 9.59 Å². The molecule has 0 saturated carbocycles. The Hall–Kier alpha value is -1.59. The molecule has 0 saturated heterocycles. The lowest BCUT2D eigenvalue weighted by molar-refractivity contribution is -0.135. The van der Waals surface area contributed by atoms with Crippen molar-refractivity contribution in [3.63, 3.8) is 0 Å². The van der Waals surface area contributed by atoms with Crippen LogP contribution in [-0.4, -0.2) is 36.3 Å². The summed E-state index contributed by atoms with van der Waals surface area (Å²) in [5.41, 5.74) is 6.48. The van der Waals surface area contributed by atoms with Crippen molar-refractivity contribution >= 4 is 24.2 Å². The van der Waals surface area contributed by atoms with Gasteiger partial charge in [-0.15, -0.1) is 12.4 Å². The second-order valence-corrected chi connectivity index (χ2v) is 4.25. The Labute approximate surface area is 119 Å². The summed E-state index contributed by atoms with van der Waals surface area (Å²) in [4.78, 5) is 24.4. The second kappa shape index (κ2) is 8.50. The van der Waals surface area contributed by atoms with Crippen molar-refractivity contribution in [2.75, 3.05) is 13.6 Å². The molecule has 0 spiro atoms. The van der Waals surface area contributed by atoms with E-state index in [4.69, 9.17) is 5.73 Å². The van der Waals surface area contributed by atoms with Gasteiger partial charge >= 0.3 is 0 Å². The van der Waals surface area contributed by atoms with E-state index in [0.717, 1.165) is 5.56 Å². The number of halogens is 1. The molecule has 1 aromatic rings. The number of benzene rings is 1. The van der Waals surface area contributed by atoms with E-state index in [-0.39, 0.29) is 30.8 Å². The molecule has 1 rings (SSSR count). The van der Waals surface area contributed by atoms with E-state index in [2.05, 4.69) is 5.32 Å². The van der Waals surface area contributed by atoms with Gasteiger partial charge in [-0.3, -0.25) is 9.59 Å². The van der Waals surface area contributed by atoms with Gasteiger partial charge in [-0.05, 0) is 12.5 Å². The third-order valence-electron chi connectivity index (χ3n) is 2.48. The highest BCUT2D eigenvalue weighted by atomic mass is 35.5. The highest BCUT2D eigenvalue weighted by molar-refractivity contribution is 5.86. The van der Waals surface area contributed by atoms with Gasteiger partial charge < -0.3 is 16.0 Å². The number of carbonyl (C=O) groups excluding carboxylic acids is 2. The molecule has 0 fully saturated rings. The summed E-state index contributed by atoms with van der Waals surface area (Å²) in [5.74, 6) is -0.444. The van der Waals surface area contributed by atoms with Gasteiger partial charge in [0.2, 0.25) is 11.8 Å². The molecule has 2 amide bonds. The summed E-state index contributed by atoms with van der Waals surface area (Å²) in [5, 5.41) is 2.75. The maximum Gasteiger partial charge on any atom is 0.239 e. The SMILES string of the molecule is C[C@@H](N)C(=O)N(C)CC(=O)NCc1ccccc1.Cl. The zero-order valence-corrected chi connectivity index (χ0v) is 11.9. The smallest absolute Gasteiger partial charge is 0.239 e. The Morgan fingerprint density at radius 3 is 2.42 bits per heavy atom. The summed E-state index contributed by atoms with van der Waals surface area (Å²) in [6.07, 6.45) is 0. The first-order valence-electron chi connectivity index (χ1n) is 5.82. The summed E-state index contributed by atoms with van der Waals surface area (Å²) >= 11 is 0. The minimum atomic E-state index is -0.586. The highest BCUT2D eigenvalue weighted by Crippen LogP contribution is 1.97. The zero-order chi connectivity index (χ0) is 13.5. The summed E-state index contributed by atoms with van der Waals surface area (Å²) in [6, 6.07) is 9.01. The van der Waals surface area contributed by atoms with Gasteiger partial charge in [-0.2, -0.15) is 0 Å². The van der Waals surface area contributed by atoms with E-state index in [1.54, 1.807) is 14.0 Å². The van der Waals surface area contributed by atoms with Crippen molar-refractivity contribution in [2.45, 2.75) is 19.5 Å². The molecule has 1 atom stereocenters. The molecule has 0 aromatic heterocycles. The van der Waals surface area contributed by atoms with E-state index >= 15 is 0 Å². The summed E-state index contributed by atoms with van der Waals surface area (Å²) in [6.45, 7) is 2.08. The maximum atomic E-state index is 11.6. The lowest BCUT2D eigenvalue weighted by atomic mass is 10.2. The molecule has 0 bridgehead atoms. The van der Waals surface area contributed by atoms with Crippen molar-refractivity contribution in [3.05, 3.63) is 35.9 Å². The molecular weight excluding hydrogens is 266 g/mol. The number of rotatable bonds is 5. The average molecular weight is 286 g/mol. The van der Waals surface area contributed by atoms with Crippen LogP contribution in [0, 0.1) is 0 Å². The molecule has 0 aliphatic heterocycles. The standard InChI is InChI=1S/C13H19N3O2.ClH/c1-10(14)13(18)16(2)9-12(17)15-8-11-6-4-3-5-7-11;/h3-7,10H,8-9,14H2,1-2H3,(H,15,17);1H/t10-;/m1./s1. The number of carbonyl (C=O) groups is 2. The van der Waals surface area contributed by atoms with Crippen LogP contribution in [0.2, 0.25) is 0 Å². The van der Waals surface area contributed by atoms with Crippen molar-refractivity contribution in [2.24, 2.45) is 5.73 Å². The lowest BCUT2D eigenvalue weighted by Crippen LogP contribution is -2.44. The molecule has 0 radical (unpaired) electrons. The molecule has 0 aliphatic carbocycles. The third kappa shape index (κ3) is 6.22. The first kappa shape index (κ1) is 17.4. The molecule has 1 aromatic carbocycles. The monoisotopic (exact) mass is 285 g/mol. The number of hydrogen-bond donors (Lipinski definition) is 2.